The fraction of sp³-hybridized carbons (Fsp3) is 0.714. The zero-order valence-corrected chi connectivity index (χ0v) is 11.2. The molecule has 1 saturated heterocycles. The van der Waals surface area contributed by atoms with Crippen molar-refractivity contribution in [3.05, 3.63) is 18.0 Å². The summed E-state index contributed by atoms with van der Waals surface area (Å²) >= 11 is 0. The second kappa shape index (κ2) is 6.69. The van der Waals surface area contributed by atoms with Gasteiger partial charge in [0.15, 0.2) is 0 Å². The van der Waals surface area contributed by atoms with Crippen LogP contribution in [0.4, 0.5) is 0 Å². The van der Waals surface area contributed by atoms with Crippen molar-refractivity contribution in [1.29, 1.82) is 0 Å². The number of carbonyl (C=O) groups excluding carboxylic acids is 1. The molecule has 4 heteroatoms. The van der Waals surface area contributed by atoms with Gasteiger partial charge in [0.25, 0.3) is 0 Å². The van der Waals surface area contributed by atoms with Crippen LogP contribution < -0.4 is 5.32 Å². The summed E-state index contributed by atoms with van der Waals surface area (Å²) in [5, 5.41) is 7.51. The van der Waals surface area contributed by atoms with Gasteiger partial charge < -0.3 is 5.32 Å². The highest BCUT2D eigenvalue weighted by Gasteiger charge is 2.14. The Labute approximate surface area is 109 Å². The van der Waals surface area contributed by atoms with E-state index < -0.39 is 0 Å². The van der Waals surface area contributed by atoms with E-state index in [0.29, 0.717) is 18.1 Å². The van der Waals surface area contributed by atoms with E-state index in [1.54, 1.807) is 6.20 Å². The van der Waals surface area contributed by atoms with Gasteiger partial charge in [-0.15, -0.1) is 0 Å². The number of nitrogens with one attached hydrogen (secondary N) is 1. The van der Waals surface area contributed by atoms with Crippen LogP contribution in [0.25, 0.3) is 0 Å². The van der Waals surface area contributed by atoms with Crippen molar-refractivity contribution in [1.82, 2.24) is 15.1 Å². The fourth-order valence-corrected chi connectivity index (χ4v) is 2.57. The van der Waals surface area contributed by atoms with Gasteiger partial charge in [-0.1, -0.05) is 0 Å². The average molecular weight is 249 g/mol. The number of aryl methyl sites for hydroxylation is 2. The molecule has 1 aromatic rings. The smallest absolute Gasteiger partial charge is 0.133 e. The highest BCUT2D eigenvalue weighted by Crippen LogP contribution is 2.16. The Kier molecular flexibility index (Phi) is 4.93. The Morgan fingerprint density at radius 1 is 1.56 bits per heavy atom. The molecule has 0 saturated carbocycles. The Balaban J connectivity index is 1.64. The van der Waals surface area contributed by atoms with E-state index in [9.17, 15) is 4.79 Å². The first-order chi connectivity index (χ1) is 8.75. The van der Waals surface area contributed by atoms with Crippen LogP contribution in [0.1, 0.15) is 37.8 Å². The standard InChI is InChI=1S/C14H23N3O/c1-17-13(8-10-16-17)5-7-14(18)6-4-12-3-2-9-15-11-12/h8,10,12,15H,2-7,9,11H2,1H3. The highest BCUT2D eigenvalue weighted by molar-refractivity contribution is 5.78. The molecule has 1 N–H and O–H groups in total. The zero-order valence-electron chi connectivity index (χ0n) is 11.2. The molecular formula is C14H23N3O. The van der Waals surface area contributed by atoms with Gasteiger partial charge in [0.1, 0.15) is 5.78 Å². The molecule has 1 unspecified atom stereocenters. The van der Waals surface area contributed by atoms with Gasteiger partial charge in [-0.2, -0.15) is 5.10 Å². The number of hydrogen-bond acceptors (Lipinski definition) is 3. The lowest BCUT2D eigenvalue weighted by atomic mass is 9.93. The number of carbonyl (C=O) groups is 1. The summed E-state index contributed by atoms with van der Waals surface area (Å²) < 4.78 is 1.85. The predicted molar refractivity (Wildman–Crippen MR) is 71.4 cm³/mol. The second-order valence-corrected chi connectivity index (χ2v) is 5.24. The van der Waals surface area contributed by atoms with Crippen LogP contribution in [-0.2, 0) is 18.3 Å². The average Bonchev–Trinajstić information content (AvgIpc) is 2.81. The molecule has 2 heterocycles. The van der Waals surface area contributed by atoms with E-state index in [2.05, 4.69) is 10.4 Å². The lowest BCUT2D eigenvalue weighted by Gasteiger charge is -2.22. The zero-order chi connectivity index (χ0) is 12.8. The van der Waals surface area contributed by atoms with Gasteiger partial charge >= 0.3 is 0 Å². The van der Waals surface area contributed by atoms with Crippen molar-refractivity contribution in [3.63, 3.8) is 0 Å². The summed E-state index contributed by atoms with van der Waals surface area (Å²) in [4.78, 5) is 11.8. The van der Waals surface area contributed by atoms with E-state index in [-0.39, 0.29) is 0 Å². The number of piperidine rings is 1. The van der Waals surface area contributed by atoms with Crippen LogP contribution in [0.2, 0.25) is 0 Å². The predicted octanol–water partition coefficient (Wildman–Crippen LogP) is 1.70. The first-order valence-electron chi connectivity index (χ1n) is 6.95. The molecule has 4 nitrogen and oxygen atoms in total. The van der Waals surface area contributed by atoms with Crippen molar-refractivity contribution in [3.8, 4) is 0 Å². The molecule has 1 atom stereocenters. The largest absolute Gasteiger partial charge is 0.316 e. The van der Waals surface area contributed by atoms with E-state index in [1.807, 2.05) is 17.8 Å². The van der Waals surface area contributed by atoms with Crippen molar-refractivity contribution in [2.45, 2.75) is 38.5 Å². The molecular weight excluding hydrogens is 226 g/mol. The second-order valence-electron chi connectivity index (χ2n) is 5.24. The van der Waals surface area contributed by atoms with E-state index in [0.717, 1.165) is 38.0 Å². The number of nitrogens with zero attached hydrogens (tertiary/aromatic N) is 2. The van der Waals surface area contributed by atoms with Crippen molar-refractivity contribution in [2.24, 2.45) is 13.0 Å². The van der Waals surface area contributed by atoms with Gasteiger partial charge in [-0.05, 0) is 50.8 Å². The number of ketones is 1. The first-order valence-corrected chi connectivity index (χ1v) is 6.95. The van der Waals surface area contributed by atoms with Crippen LogP contribution in [-0.4, -0.2) is 28.7 Å². The molecule has 2 rings (SSSR count). The Morgan fingerprint density at radius 2 is 2.44 bits per heavy atom. The minimum Gasteiger partial charge on any atom is -0.316 e. The molecule has 1 aliphatic heterocycles. The molecule has 0 amide bonds. The van der Waals surface area contributed by atoms with Gasteiger partial charge in [0, 0.05) is 31.8 Å². The Bertz CT molecular complexity index is 380. The maximum Gasteiger partial charge on any atom is 0.133 e. The monoisotopic (exact) mass is 249 g/mol. The molecule has 100 valence electrons. The number of aromatic nitrogens is 2. The van der Waals surface area contributed by atoms with E-state index >= 15 is 0 Å². The highest BCUT2D eigenvalue weighted by atomic mass is 16.1. The van der Waals surface area contributed by atoms with Crippen LogP contribution in [0.5, 0.6) is 0 Å². The van der Waals surface area contributed by atoms with Crippen molar-refractivity contribution < 1.29 is 4.79 Å². The first kappa shape index (κ1) is 13.3. The summed E-state index contributed by atoms with van der Waals surface area (Å²) in [7, 11) is 1.92. The lowest BCUT2D eigenvalue weighted by molar-refractivity contribution is -0.119. The van der Waals surface area contributed by atoms with Gasteiger partial charge in [-0.3, -0.25) is 9.48 Å². The van der Waals surface area contributed by atoms with Crippen LogP contribution >= 0.6 is 0 Å². The maximum atomic E-state index is 11.8. The molecule has 0 spiro atoms. The van der Waals surface area contributed by atoms with Crippen LogP contribution in [0.3, 0.4) is 0 Å². The summed E-state index contributed by atoms with van der Waals surface area (Å²) in [6, 6.07) is 1.98. The third kappa shape index (κ3) is 3.95. The van der Waals surface area contributed by atoms with Gasteiger partial charge in [0.05, 0.1) is 0 Å². The molecule has 1 fully saturated rings. The molecule has 18 heavy (non-hydrogen) atoms. The normalized spacial score (nSPS) is 19.9. The van der Waals surface area contributed by atoms with Gasteiger partial charge in [-0.25, -0.2) is 0 Å². The quantitative estimate of drug-likeness (QED) is 0.834. The van der Waals surface area contributed by atoms with E-state index in [4.69, 9.17) is 0 Å². The lowest BCUT2D eigenvalue weighted by Crippen LogP contribution is -2.30. The summed E-state index contributed by atoms with van der Waals surface area (Å²) in [5.74, 6) is 1.10. The number of rotatable bonds is 6. The van der Waals surface area contributed by atoms with Crippen LogP contribution in [0.15, 0.2) is 12.3 Å². The molecule has 0 bridgehead atoms. The van der Waals surface area contributed by atoms with Gasteiger partial charge in [0.2, 0.25) is 0 Å². The number of Topliss-reactive ketones (excluding diaryl/α,β-unsaturated/α-hetero) is 1. The Hall–Kier alpha value is -1.16. The van der Waals surface area contributed by atoms with Crippen molar-refractivity contribution in [2.75, 3.05) is 13.1 Å². The fourth-order valence-electron chi connectivity index (χ4n) is 2.57. The summed E-state index contributed by atoms with van der Waals surface area (Å²) in [6.45, 7) is 2.24. The SMILES string of the molecule is Cn1nccc1CCC(=O)CCC1CCCNC1. The molecule has 1 aromatic heterocycles. The molecule has 0 aromatic carbocycles. The maximum absolute atomic E-state index is 11.8. The topological polar surface area (TPSA) is 46.9 Å². The molecule has 1 aliphatic rings. The summed E-state index contributed by atoms with van der Waals surface area (Å²) in [5.41, 5.74) is 1.14. The van der Waals surface area contributed by atoms with Crippen LogP contribution in [0, 0.1) is 5.92 Å². The third-order valence-electron chi connectivity index (χ3n) is 3.81. The molecule has 0 radical (unpaired) electrons. The summed E-state index contributed by atoms with van der Waals surface area (Å²) in [6.07, 6.45) is 7.59. The molecule has 0 aliphatic carbocycles. The number of hydrogen-bond donors (Lipinski definition) is 1. The van der Waals surface area contributed by atoms with E-state index in [1.165, 1.54) is 12.8 Å². The minimum absolute atomic E-state index is 0.391. The minimum atomic E-state index is 0.391. The third-order valence-corrected chi connectivity index (χ3v) is 3.81. The Morgan fingerprint density at radius 3 is 3.11 bits per heavy atom. The van der Waals surface area contributed by atoms with Crippen molar-refractivity contribution >= 4 is 5.78 Å².